The van der Waals surface area contributed by atoms with Gasteiger partial charge in [-0.2, -0.15) is 4.91 Å². The minimum atomic E-state index is -0.347. The molecular weight excluding hydrogens is 308 g/mol. The fourth-order valence-corrected chi connectivity index (χ4v) is 4.02. The maximum atomic E-state index is 11.2. The van der Waals surface area contributed by atoms with Gasteiger partial charge in [0.15, 0.2) is 0 Å². The quantitative estimate of drug-likeness (QED) is 0.624. The van der Waals surface area contributed by atoms with Gasteiger partial charge in [-0.25, -0.2) is 0 Å². The molecule has 1 heterocycles. The highest BCUT2D eigenvalue weighted by molar-refractivity contribution is 5.89. The minimum absolute atomic E-state index is 0.347. The Balaban J connectivity index is 1.94. The summed E-state index contributed by atoms with van der Waals surface area (Å²) in [4.78, 5) is 13.7. The Kier molecular flexibility index (Phi) is 5.64. The summed E-state index contributed by atoms with van der Waals surface area (Å²) < 4.78 is 0. The Bertz CT molecular complexity index is 766. The molecule has 25 heavy (non-hydrogen) atoms. The molecule has 0 bridgehead atoms. The van der Waals surface area contributed by atoms with Crippen LogP contribution in [0.25, 0.3) is 16.3 Å². The second-order valence-corrected chi connectivity index (χ2v) is 7.23. The van der Waals surface area contributed by atoms with Gasteiger partial charge in [-0.15, -0.1) is 0 Å². The van der Waals surface area contributed by atoms with E-state index >= 15 is 0 Å². The number of likely N-dealkylation sites (tertiary alicyclic amines) is 1. The van der Waals surface area contributed by atoms with Gasteiger partial charge in [0.25, 0.3) is 0 Å². The first kappa shape index (κ1) is 17.8. The van der Waals surface area contributed by atoms with Crippen LogP contribution in [-0.4, -0.2) is 24.5 Å². The summed E-state index contributed by atoms with van der Waals surface area (Å²) in [5, 5.41) is 5.54. The molecule has 3 nitrogen and oxygen atoms in total. The van der Waals surface area contributed by atoms with Crippen LogP contribution in [0.2, 0.25) is 0 Å². The maximum Gasteiger partial charge on any atom is 0.115 e. The molecule has 1 fully saturated rings. The average molecular weight is 336 g/mol. The van der Waals surface area contributed by atoms with E-state index in [0.717, 1.165) is 28.4 Å². The van der Waals surface area contributed by atoms with Crippen LogP contribution in [0.1, 0.15) is 50.3 Å². The molecule has 2 aromatic rings. The highest BCUT2D eigenvalue weighted by Gasteiger charge is 2.23. The van der Waals surface area contributed by atoms with Gasteiger partial charge in [-0.3, -0.25) is 0 Å². The topological polar surface area (TPSA) is 32.7 Å². The van der Waals surface area contributed by atoms with Crippen molar-refractivity contribution in [3.63, 3.8) is 0 Å². The van der Waals surface area contributed by atoms with Gasteiger partial charge in [0.05, 0.1) is 0 Å². The van der Waals surface area contributed by atoms with Crippen LogP contribution < -0.4 is 0 Å². The fourth-order valence-electron chi connectivity index (χ4n) is 4.02. The largest absolute Gasteiger partial charge is 0.303 e. The molecule has 3 heteroatoms. The van der Waals surface area contributed by atoms with Crippen molar-refractivity contribution in [2.45, 2.75) is 39.2 Å². The normalized spacial score (nSPS) is 19.7. The predicted molar refractivity (Wildman–Crippen MR) is 107 cm³/mol. The van der Waals surface area contributed by atoms with Crippen LogP contribution in [0, 0.1) is 10.8 Å². The lowest BCUT2D eigenvalue weighted by molar-refractivity contribution is 0.201. The Morgan fingerprint density at radius 2 is 2.16 bits per heavy atom. The van der Waals surface area contributed by atoms with Crippen LogP contribution in [-0.2, 0) is 0 Å². The van der Waals surface area contributed by atoms with Crippen molar-refractivity contribution in [1.82, 2.24) is 4.90 Å². The predicted octanol–water partition coefficient (Wildman–Crippen LogP) is 5.80. The Labute approximate surface area is 150 Å². The molecule has 0 radical (unpaired) electrons. The monoisotopic (exact) mass is 336 g/mol. The smallest absolute Gasteiger partial charge is 0.115 e. The summed E-state index contributed by atoms with van der Waals surface area (Å²) in [6.45, 7) is 12.0. The summed E-state index contributed by atoms with van der Waals surface area (Å²) >= 11 is 0. The Morgan fingerprint density at radius 1 is 1.36 bits per heavy atom. The van der Waals surface area contributed by atoms with Gasteiger partial charge in [0, 0.05) is 6.54 Å². The van der Waals surface area contributed by atoms with E-state index < -0.39 is 0 Å². The number of hydrogen-bond donors (Lipinski definition) is 0. The summed E-state index contributed by atoms with van der Waals surface area (Å²) in [5.41, 5.74) is 3.36. The first-order chi connectivity index (χ1) is 12.1. The molecule has 2 aromatic carbocycles. The molecule has 0 aromatic heterocycles. The van der Waals surface area contributed by atoms with Gasteiger partial charge in [-0.1, -0.05) is 42.9 Å². The molecule has 3 rings (SSSR count). The number of piperidine rings is 1. The standard InChI is InChI=1S/C22H28N2O/c1-4-11-24-12-7-9-19(15-24)16(2)20-13-18-8-5-6-10-21(18)22(14-20)17(3)23-25/h5-6,8,10,13-14,17,19H,2,4,7,9,11-12,15H2,1,3H3/t17-,19?/m1/s1. The third-order valence-corrected chi connectivity index (χ3v) is 5.41. The summed E-state index contributed by atoms with van der Waals surface area (Å²) in [6.07, 6.45) is 3.63. The number of nitroso groups, excluding NO2 is 1. The van der Waals surface area contributed by atoms with Crippen LogP contribution >= 0.6 is 0 Å². The second kappa shape index (κ2) is 7.92. The zero-order valence-corrected chi connectivity index (χ0v) is 15.4. The fraction of sp³-hybridized carbons (Fsp3) is 0.455. The third kappa shape index (κ3) is 3.82. The van der Waals surface area contributed by atoms with Crippen molar-refractivity contribution in [1.29, 1.82) is 0 Å². The van der Waals surface area contributed by atoms with Crippen molar-refractivity contribution < 1.29 is 0 Å². The van der Waals surface area contributed by atoms with Gasteiger partial charge in [0.2, 0.25) is 0 Å². The van der Waals surface area contributed by atoms with Crippen LogP contribution in [0.15, 0.2) is 48.2 Å². The van der Waals surface area contributed by atoms with Gasteiger partial charge in [0.1, 0.15) is 6.04 Å². The van der Waals surface area contributed by atoms with E-state index in [4.69, 9.17) is 0 Å². The van der Waals surface area contributed by atoms with Gasteiger partial charge >= 0.3 is 0 Å². The van der Waals surface area contributed by atoms with Crippen molar-refractivity contribution in [3.8, 4) is 0 Å². The lowest BCUT2D eigenvalue weighted by Crippen LogP contribution is -2.36. The molecule has 0 saturated carbocycles. The second-order valence-electron chi connectivity index (χ2n) is 7.23. The van der Waals surface area contributed by atoms with E-state index in [9.17, 15) is 4.91 Å². The van der Waals surface area contributed by atoms with Crippen molar-refractivity contribution >= 4 is 16.3 Å². The zero-order valence-electron chi connectivity index (χ0n) is 15.4. The Hall–Kier alpha value is -2.00. The highest BCUT2D eigenvalue weighted by Crippen LogP contribution is 2.35. The maximum absolute atomic E-state index is 11.2. The molecule has 0 aliphatic carbocycles. The van der Waals surface area contributed by atoms with Crippen LogP contribution in [0.4, 0.5) is 0 Å². The zero-order chi connectivity index (χ0) is 17.8. The number of hydrogen-bond acceptors (Lipinski definition) is 3. The Morgan fingerprint density at radius 3 is 2.92 bits per heavy atom. The number of fused-ring (bicyclic) bond motifs is 1. The van der Waals surface area contributed by atoms with Crippen molar-refractivity contribution in [2.75, 3.05) is 19.6 Å². The summed E-state index contributed by atoms with van der Waals surface area (Å²) in [7, 11) is 0. The van der Waals surface area contributed by atoms with Gasteiger partial charge < -0.3 is 4.90 Å². The lowest BCUT2D eigenvalue weighted by Gasteiger charge is -2.34. The van der Waals surface area contributed by atoms with E-state index in [0.29, 0.717) is 5.92 Å². The molecule has 0 spiro atoms. The van der Waals surface area contributed by atoms with E-state index in [-0.39, 0.29) is 6.04 Å². The van der Waals surface area contributed by atoms with Crippen molar-refractivity contribution in [3.05, 3.63) is 59.0 Å². The van der Waals surface area contributed by atoms with Crippen molar-refractivity contribution in [2.24, 2.45) is 11.1 Å². The molecule has 1 saturated heterocycles. The average Bonchev–Trinajstić information content (AvgIpc) is 2.66. The molecular formula is C22H28N2O. The van der Waals surface area contributed by atoms with E-state index in [1.807, 2.05) is 19.1 Å². The lowest BCUT2D eigenvalue weighted by atomic mass is 9.85. The van der Waals surface area contributed by atoms with E-state index in [1.165, 1.54) is 37.9 Å². The summed E-state index contributed by atoms with van der Waals surface area (Å²) in [6, 6.07) is 12.2. The van der Waals surface area contributed by atoms with E-state index in [2.05, 4.69) is 47.8 Å². The molecule has 1 aliphatic rings. The minimum Gasteiger partial charge on any atom is -0.303 e. The molecule has 1 unspecified atom stereocenters. The third-order valence-electron chi connectivity index (χ3n) is 5.41. The summed E-state index contributed by atoms with van der Waals surface area (Å²) in [5.74, 6) is 0.494. The van der Waals surface area contributed by atoms with Crippen LogP contribution in [0.5, 0.6) is 0 Å². The number of nitrogens with zero attached hydrogens (tertiary/aromatic N) is 2. The molecule has 132 valence electrons. The molecule has 0 N–H and O–H groups in total. The molecule has 2 atom stereocenters. The molecule has 1 aliphatic heterocycles. The number of benzene rings is 2. The first-order valence-electron chi connectivity index (χ1n) is 9.40. The number of rotatable bonds is 6. The van der Waals surface area contributed by atoms with Crippen LogP contribution in [0.3, 0.4) is 0 Å². The van der Waals surface area contributed by atoms with Gasteiger partial charge in [-0.05, 0) is 84.8 Å². The molecule has 0 amide bonds. The SMILES string of the molecule is C=C(c1cc([C@@H](C)N=O)c2ccccc2c1)C1CCCN(CCC)C1. The van der Waals surface area contributed by atoms with E-state index in [1.54, 1.807) is 0 Å². The highest BCUT2D eigenvalue weighted by atomic mass is 16.3. The first-order valence-corrected chi connectivity index (χ1v) is 9.40.